The van der Waals surface area contributed by atoms with Crippen LogP contribution in [0.4, 0.5) is 0 Å². The summed E-state index contributed by atoms with van der Waals surface area (Å²) in [6, 6.07) is 8.35. The predicted molar refractivity (Wildman–Crippen MR) is 115 cm³/mol. The van der Waals surface area contributed by atoms with Crippen molar-refractivity contribution >= 4 is 21.8 Å². The molecule has 0 bridgehead atoms. The van der Waals surface area contributed by atoms with Gasteiger partial charge in [-0.1, -0.05) is 12.1 Å². The van der Waals surface area contributed by atoms with Crippen molar-refractivity contribution in [2.24, 2.45) is 0 Å². The van der Waals surface area contributed by atoms with Gasteiger partial charge in [-0.2, -0.15) is 4.31 Å². The third kappa shape index (κ3) is 4.95. The van der Waals surface area contributed by atoms with Crippen molar-refractivity contribution in [3.8, 4) is 5.69 Å². The van der Waals surface area contributed by atoms with Gasteiger partial charge in [0, 0.05) is 41.8 Å². The zero-order valence-corrected chi connectivity index (χ0v) is 18.6. The minimum absolute atomic E-state index is 0.188. The smallest absolute Gasteiger partial charge is 0.330 e. The van der Waals surface area contributed by atoms with E-state index in [-0.39, 0.29) is 17.3 Å². The van der Waals surface area contributed by atoms with E-state index in [0.29, 0.717) is 43.2 Å². The molecule has 1 fully saturated rings. The highest BCUT2D eigenvalue weighted by Gasteiger charge is 2.27. The first-order valence-electron chi connectivity index (χ1n) is 9.95. The van der Waals surface area contributed by atoms with Crippen molar-refractivity contribution in [1.29, 1.82) is 0 Å². The molecule has 0 atom stereocenters. The lowest BCUT2D eigenvalue weighted by Gasteiger charge is -2.26. The van der Waals surface area contributed by atoms with E-state index in [2.05, 4.69) is 0 Å². The number of nitrogens with zero attached hydrogens (tertiary/aromatic N) is 2. The Bertz CT molecular complexity index is 1110. The molecule has 0 saturated carbocycles. The number of sulfonamides is 1. The summed E-state index contributed by atoms with van der Waals surface area (Å²) in [4.78, 5) is 24.2. The molecule has 2 aromatic rings. The number of benzene rings is 1. The second kappa shape index (κ2) is 9.59. The number of aryl methyl sites for hydroxylation is 1. The number of aromatic nitrogens is 1. The molecule has 0 N–H and O–H groups in total. The molecule has 166 valence electrons. The van der Waals surface area contributed by atoms with E-state index >= 15 is 0 Å². The first-order chi connectivity index (χ1) is 14.8. The zero-order valence-electron chi connectivity index (χ0n) is 17.8. The number of carbonyl (C=O) groups is 2. The van der Waals surface area contributed by atoms with Gasteiger partial charge in [-0.25, -0.2) is 13.2 Å². The van der Waals surface area contributed by atoms with Crippen LogP contribution < -0.4 is 0 Å². The van der Waals surface area contributed by atoms with Crippen LogP contribution in [0, 0.1) is 13.8 Å². The van der Waals surface area contributed by atoms with Gasteiger partial charge in [0.25, 0.3) is 0 Å². The molecule has 0 radical (unpaired) electrons. The summed E-state index contributed by atoms with van der Waals surface area (Å²) in [7, 11) is -3.64. The second-order valence-electron chi connectivity index (χ2n) is 7.16. The Morgan fingerprint density at radius 1 is 1.16 bits per heavy atom. The normalized spacial score (nSPS) is 15.3. The summed E-state index contributed by atoms with van der Waals surface area (Å²) < 4.78 is 39.5. The summed E-state index contributed by atoms with van der Waals surface area (Å²) in [5.41, 5.74) is 2.47. The SMILES string of the molecule is CC=CC(=O)OCC(=O)c1cc(C)n(-c2cccc(S(=O)(=O)N3CCOCC3)c2)c1C. The molecule has 31 heavy (non-hydrogen) atoms. The van der Waals surface area contributed by atoms with Gasteiger partial charge in [0.15, 0.2) is 6.61 Å². The van der Waals surface area contributed by atoms with Crippen molar-refractivity contribution in [3.63, 3.8) is 0 Å². The molecule has 0 aliphatic carbocycles. The molecule has 2 heterocycles. The van der Waals surface area contributed by atoms with Crippen molar-refractivity contribution in [2.45, 2.75) is 25.7 Å². The zero-order chi connectivity index (χ0) is 22.6. The number of ketones is 1. The number of allylic oxidation sites excluding steroid dienone is 1. The second-order valence-corrected chi connectivity index (χ2v) is 9.10. The largest absolute Gasteiger partial charge is 0.454 e. The third-order valence-corrected chi connectivity index (χ3v) is 6.96. The number of morpholine rings is 1. The van der Waals surface area contributed by atoms with Crippen LogP contribution in [-0.4, -0.2) is 62.0 Å². The fraction of sp³-hybridized carbons (Fsp3) is 0.364. The number of rotatable bonds is 7. The average molecular weight is 447 g/mol. The Hall–Kier alpha value is -2.75. The maximum absolute atomic E-state index is 13.0. The van der Waals surface area contributed by atoms with Crippen molar-refractivity contribution < 1.29 is 27.5 Å². The minimum atomic E-state index is -3.64. The molecule has 3 rings (SSSR count). The van der Waals surface area contributed by atoms with Gasteiger partial charge in [-0.15, -0.1) is 0 Å². The van der Waals surface area contributed by atoms with Gasteiger partial charge >= 0.3 is 5.97 Å². The van der Waals surface area contributed by atoms with E-state index in [1.807, 2.05) is 11.5 Å². The van der Waals surface area contributed by atoms with Crippen molar-refractivity contribution in [2.75, 3.05) is 32.9 Å². The molecule has 0 amide bonds. The minimum Gasteiger partial charge on any atom is -0.454 e. The van der Waals surface area contributed by atoms with Crippen molar-refractivity contribution in [3.05, 3.63) is 59.4 Å². The molecule has 0 spiro atoms. The number of carbonyl (C=O) groups excluding carboxylic acids is 2. The van der Waals surface area contributed by atoms with E-state index in [0.717, 1.165) is 5.69 Å². The summed E-state index contributed by atoms with van der Waals surface area (Å²) in [6.45, 7) is 6.31. The van der Waals surface area contributed by atoms with E-state index < -0.39 is 16.0 Å². The molecule has 1 aromatic carbocycles. The Labute approximate surface area is 182 Å². The molecule has 1 saturated heterocycles. The van der Waals surface area contributed by atoms with Crippen LogP contribution in [0.2, 0.25) is 0 Å². The fourth-order valence-electron chi connectivity index (χ4n) is 3.56. The number of ether oxygens (including phenoxy) is 2. The standard InChI is InChI=1S/C22H26N2O6S/c1-4-6-22(26)30-15-21(25)20-13-16(2)24(17(20)3)18-7-5-8-19(14-18)31(27,28)23-9-11-29-12-10-23/h4-8,13-14H,9-12,15H2,1-3H3. The van der Waals surface area contributed by atoms with Crippen LogP contribution >= 0.6 is 0 Å². The number of hydrogen-bond acceptors (Lipinski definition) is 6. The van der Waals surface area contributed by atoms with Gasteiger partial charge in [0.2, 0.25) is 15.8 Å². The molecule has 8 nitrogen and oxygen atoms in total. The van der Waals surface area contributed by atoms with Gasteiger partial charge in [-0.05, 0) is 45.0 Å². The quantitative estimate of drug-likeness (QED) is 0.368. The maximum atomic E-state index is 13.0. The highest BCUT2D eigenvalue weighted by Crippen LogP contribution is 2.25. The van der Waals surface area contributed by atoms with E-state index in [1.54, 1.807) is 44.2 Å². The Balaban J connectivity index is 1.89. The van der Waals surface area contributed by atoms with Gasteiger partial charge < -0.3 is 14.0 Å². The van der Waals surface area contributed by atoms with Crippen LogP contribution in [0.15, 0.2) is 47.4 Å². The van der Waals surface area contributed by atoms with Gasteiger partial charge in [0.1, 0.15) is 0 Å². The van der Waals surface area contributed by atoms with Crippen LogP contribution in [0.3, 0.4) is 0 Å². The van der Waals surface area contributed by atoms with E-state index in [4.69, 9.17) is 9.47 Å². The van der Waals surface area contributed by atoms with E-state index in [9.17, 15) is 18.0 Å². The highest BCUT2D eigenvalue weighted by molar-refractivity contribution is 7.89. The molecular formula is C22H26N2O6S. The monoisotopic (exact) mass is 446 g/mol. The Morgan fingerprint density at radius 2 is 1.87 bits per heavy atom. The Morgan fingerprint density at radius 3 is 2.55 bits per heavy atom. The van der Waals surface area contributed by atoms with Crippen LogP contribution in [0.5, 0.6) is 0 Å². The lowest BCUT2D eigenvalue weighted by Crippen LogP contribution is -2.40. The molecule has 1 aromatic heterocycles. The molecular weight excluding hydrogens is 420 g/mol. The molecule has 1 aliphatic rings. The first kappa shape index (κ1) is 22.9. The fourth-order valence-corrected chi connectivity index (χ4v) is 5.01. The summed E-state index contributed by atoms with van der Waals surface area (Å²) in [5.74, 6) is -0.903. The lowest BCUT2D eigenvalue weighted by molar-refractivity contribution is -0.136. The molecule has 0 unspecified atom stereocenters. The Kier molecular flexibility index (Phi) is 7.09. The lowest BCUT2D eigenvalue weighted by atomic mass is 10.1. The van der Waals surface area contributed by atoms with E-state index in [1.165, 1.54) is 16.5 Å². The summed E-state index contributed by atoms with van der Waals surface area (Å²) >= 11 is 0. The molecule has 9 heteroatoms. The first-order valence-corrected chi connectivity index (χ1v) is 11.4. The topological polar surface area (TPSA) is 94.9 Å². The summed E-state index contributed by atoms with van der Waals surface area (Å²) in [6.07, 6.45) is 2.79. The average Bonchev–Trinajstić information content (AvgIpc) is 3.07. The summed E-state index contributed by atoms with van der Waals surface area (Å²) in [5, 5.41) is 0. The van der Waals surface area contributed by atoms with Crippen molar-refractivity contribution in [1.82, 2.24) is 8.87 Å². The maximum Gasteiger partial charge on any atom is 0.330 e. The number of Topliss-reactive ketones (excluding diaryl/α,β-unsaturated/α-hetero) is 1. The van der Waals surface area contributed by atoms with Gasteiger partial charge in [0.05, 0.1) is 18.1 Å². The predicted octanol–water partition coefficient (Wildman–Crippen LogP) is 2.42. The van der Waals surface area contributed by atoms with Crippen LogP contribution in [-0.2, 0) is 24.3 Å². The van der Waals surface area contributed by atoms with Gasteiger partial charge in [-0.3, -0.25) is 4.79 Å². The van der Waals surface area contributed by atoms with Crippen LogP contribution in [0.1, 0.15) is 28.7 Å². The van der Waals surface area contributed by atoms with Crippen LogP contribution in [0.25, 0.3) is 5.69 Å². The highest BCUT2D eigenvalue weighted by atomic mass is 32.2. The number of hydrogen-bond donors (Lipinski definition) is 0. The number of esters is 1. The third-order valence-electron chi connectivity index (χ3n) is 5.06. The molecule has 1 aliphatic heterocycles.